The molecule has 144 valence electrons. The number of quaternary nitrogens is 1. The summed E-state index contributed by atoms with van der Waals surface area (Å²) in [7, 11) is 0. The Balaban J connectivity index is 1.61. The predicted octanol–water partition coefficient (Wildman–Crippen LogP) is 2.65. The van der Waals surface area contributed by atoms with Gasteiger partial charge in [0.05, 0.1) is 26.2 Å². The molecule has 1 atom stereocenters. The number of nitrogens with zero attached hydrogens (tertiary/aromatic N) is 1. The summed E-state index contributed by atoms with van der Waals surface area (Å²) in [6.07, 6.45) is 0. The second-order valence-electron chi connectivity index (χ2n) is 7.92. The molecule has 1 heterocycles. The first-order valence-electron chi connectivity index (χ1n) is 9.90. The van der Waals surface area contributed by atoms with E-state index >= 15 is 0 Å². The fraction of sp³-hybridized carbons (Fsp3) is 0.435. The normalized spacial score (nSPS) is 16.3. The summed E-state index contributed by atoms with van der Waals surface area (Å²) in [5, 5.41) is 3.18. The SMILES string of the molecule is Cc1cc(C)c(NC(=O)[C@@H](C)[NH+]2CCN(c3ccccc3C)CC2)c(C)c1. The molecule has 1 aliphatic heterocycles. The Kier molecular flexibility index (Phi) is 5.85. The van der Waals surface area contributed by atoms with Gasteiger partial charge in [0, 0.05) is 11.4 Å². The van der Waals surface area contributed by atoms with Gasteiger partial charge in [0.1, 0.15) is 0 Å². The Morgan fingerprint density at radius 3 is 2.19 bits per heavy atom. The van der Waals surface area contributed by atoms with Crippen LogP contribution in [0.1, 0.15) is 29.2 Å². The van der Waals surface area contributed by atoms with Crippen LogP contribution in [-0.2, 0) is 4.79 Å². The minimum absolute atomic E-state index is 0.0517. The molecule has 4 heteroatoms. The largest absolute Gasteiger partial charge is 0.360 e. The molecular weight excluding hydrogens is 334 g/mol. The molecule has 0 unspecified atom stereocenters. The minimum Gasteiger partial charge on any atom is -0.360 e. The van der Waals surface area contributed by atoms with E-state index in [1.165, 1.54) is 21.7 Å². The maximum absolute atomic E-state index is 12.9. The van der Waals surface area contributed by atoms with Gasteiger partial charge in [-0.3, -0.25) is 4.79 Å². The molecule has 3 rings (SSSR count). The van der Waals surface area contributed by atoms with Gasteiger partial charge < -0.3 is 15.1 Å². The van der Waals surface area contributed by atoms with E-state index in [1.54, 1.807) is 0 Å². The molecule has 2 N–H and O–H groups in total. The van der Waals surface area contributed by atoms with Crippen molar-refractivity contribution in [3.05, 3.63) is 58.7 Å². The Morgan fingerprint density at radius 2 is 1.59 bits per heavy atom. The predicted molar refractivity (Wildman–Crippen MR) is 113 cm³/mol. The zero-order valence-corrected chi connectivity index (χ0v) is 17.2. The van der Waals surface area contributed by atoms with Gasteiger partial charge in [-0.05, 0) is 57.4 Å². The summed E-state index contributed by atoms with van der Waals surface area (Å²) in [6, 6.07) is 12.7. The molecule has 1 aliphatic rings. The van der Waals surface area contributed by atoms with Crippen molar-refractivity contribution in [3.63, 3.8) is 0 Å². The third-order valence-electron chi connectivity index (χ3n) is 5.79. The summed E-state index contributed by atoms with van der Waals surface area (Å²) in [6.45, 7) is 14.4. The van der Waals surface area contributed by atoms with Crippen LogP contribution in [0.5, 0.6) is 0 Å². The first-order valence-corrected chi connectivity index (χ1v) is 9.90. The maximum atomic E-state index is 12.9. The van der Waals surface area contributed by atoms with Gasteiger partial charge in [0.2, 0.25) is 0 Å². The van der Waals surface area contributed by atoms with Crippen LogP contribution in [0.3, 0.4) is 0 Å². The lowest BCUT2D eigenvalue weighted by atomic mass is 10.0. The number of para-hydroxylation sites is 1. The van der Waals surface area contributed by atoms with E-state index < -0.39 is 0 Å². The highest BCUT2D eigenvalue weighted by atomic mass is 16.2. The minimum atomic E-state index is -0.0517. The van der Waals surface area contributed by atoms with Crippen LogP contribution < -0.4 is 15.1 Å². The highest BCUT2D eigenvalue weighted by Crippen LogP contribution is 2.22. The van der Waals surface area contributed by atoms with E-state index in [0.29, 0.717) is 0 Å². The maximum Gasteiger partial charge on any atom is 0.282 e. The van der Waals surface area contributed by atoms with Crippen molar-refractivity contribution in [2.24, 2.45) is 0 Å². The molecule has 1 fully saturated rings. The van der Waals surface area contributed by atoms with E-state index in [0.717, 1.165) is 43.0 Å². The van der Waals surface area contributed by atoms with Crippen LogP contribution >= 0.6 is 0 Å². The van der Waals surface area contributed by atoms with Gasteiger partial charge >= 0.3 is 0 Å². The van der Waals surface area contributed by atoms with E-state index in [2.05, 4.69) is 74.3 Å². The lowest BCUT2D eigenvalue weighted by molar-refractivity contribution is -0.914. The highest BCUT2D eigenvalue weighted by Gasteiger charge is 2.30. The lowest BCUT2D eigenvalue weighted by Crippen LogP contribution is -3.19. The molecule has 0 saturated carbocycles. The second kappa shape index (κ2) is 8.13. The zero-order chi connectivity index (χ0) is 19.6. The summed E-state index contributed by atoms with van der Waals surface area (Å²) in [5.74, 6) is 0.115. The van der Waals surface area contributed by atoms with Crippen LogP contribution in [-0.4, -0.2) is 38.1 Å². The second-order valence-corrected chi connectivity index (χ2v) is 7.92. The van der Waals surface area contributed by atoms with Gasteiger partial charge in [-0.15, -0.1) is 0 Å². The topological polar surface area (TPSA) is 36.8 Å². The van der Waals surface area contributed by atoms with E-state index in [1.807, 2.05) is 6.92 Å². The fourth-order valence-electron chi connectivity index (χ4n) is 4.18. The molecular formula is C23H32N3O+. The number of carbonyl (C=O) groups excluding carboxylic acids is 1. The van der Waals surface area contributed by atoms with Gasteiger partial charge in [0.25, 0.3) is 5.91 Å². The van der Waals surface area contributed by atoms with Crippen molar-refractivity contribution in [1.82, 2.24) is 0 Å². The highest BCUT2D eigenvalue weighted by molar-refractivity contribution is 5.95. The number of hydrogen-bond acceptors (Lipinski definition) is 2. The first-order chi connectivity index (χ1) is 12.9. The van der Waals surface area contributed by atoms with E-state index in [4.69, 9.17) is 0 Å². The number of benzene rings is 2. The molecule has 4 nitrogen and oxygen atoms in total. The Labute approximate surface area is 163 Å². The quantitative estimate of drug-likeness (QED) is 0.873. The van der Waals surface area contributed by atoms with Gasteiger partial charge in [-0.25, -0.2) is 0 Å². The van der Waals surface area contributed by atoms with E-state index in [-0.39, 0.29) is 11.9 Å². The third kappa shape index (κ3) is 4.33. The summed E-state index contributed by atoms with van der Waals surface area (Å²) in [5.41, 5.74) is 7.10. The molecule has 0 radical (unpaired) electrons. The molecule has 0 spiro atoms. The molecule has 2 aromatic rings. The number of amides is 1. The average molecular weight is 367 g/mol. The molecule has 1 saturated heterocycles. The summed E-state index contributed by atoms with van der Waals surface area (Å²) < 4.78 is 0. The molecule has 0 aliphatic carbocycles. The van der Waals surface area contributed by atoms with Crippen LogP contribution in [0.15, 0.2) is 36.4 Å². The molecule has 2 aromatic carbocycles. The van der Waals surface area contributed by atoms with Gasteiger partial charge in [-0.1, -0.05) is 35.9 Å². The number of nitrogens with one attached hydrogen (secondary N) is 2. The average Bonchev–Trinajstić information content (AvgIpc) is 2.64. The molecule has 1 amide bonds. The smallest absolute Gasteiger partial charge is 0.282 e. The van der Waals surface area contributed by atoms with E-state index in [9.17, 15) is 4.79 Å². The Bertz CT molecular complexity index is 799. The van der Waals surface area contributed by atoms with Crippen molar-refractivity contribution < 1.29 is 9.69 Å². The standard InChI is InChI=1S/C23H31N3O/c1-16-14-18(3)22(19(4)15-16)24-23(27)20(5)25-10-12-26(13-11-25)21-9-7-6-8-17(21)2/h6-9,14-15,20H,10-13H2,1-5H3,(H,24,27)/p+1/t20-/m1/s1. The Hall–Kier alpha value is -2.33. The fourth-order valence-corrected chi connectivity index (χ4v) is 4.18. The number of aryl methyl sites for hydroxylation is 4. The van der Waals surface area contributed by atoms with Crippen LogP contribution in [0, 0.1) is 27.7 Å². The van der Waals surface area contributed by atoms with Gasteiger partial charge in [-0.2, -0.15) is 0 Å². The Morgan fingerprint density at radius 1 is 1.00 bits per heavy atom. The van der Waals surface area contributed by atoms with Crippen molar-refractivity contribution >= 4 is 17.3 Å². The zero-order valence-electron chi connectivity index (χ0n) is 17.2. The lowest BCUT2D eigenvalue weighted by Gasteiger charge is -2.36. The van der Waals surface area contributed by atoms with Crippen LogP contribution in [0.2, 0.25) is 0 Å². The number of carbonyl (C=O) groups is 1. The number of hydrogen-bond donors (Lipinski definition) is 2. The number of anilines is 2. The van der Waals surface area contributed by atoms with Crippen LogP contribution in [0.25, 0.3) is 0 Å². The molecule has 27 heavy (non-hydrogen) atoms. The number of rotatable bonds is 4. The third-order valence-corrected chi connectivity index (χ3v) is 5.79. The number of piperazine rings is 1. The van der Waals surface area contributed by atoms with Crippen molar-refractivity contribution in [1.29, 1.82) is 0 Å². The summed E-state index contributed by atoms with van der Waals surface area (Å²) in [4.78, 5) is 16.7. The molecule has 0 bridgehead atoms. The molecule has 0 aromatic heterocycles. The van der Waals surface area contributed by atoms with Crippen molar-refractivity contribution in [2.45, 2.75) is 40.7 Å². The van der Waals surface area contributed by atoms with Crippen molar-refractivity contribution in [2.75, 3.05) is 36.4 Å². The first kappa shape index (κ1) is 19.4. The van der Waals surface area contributed by atoms with Crippen LogP contribution in [0.4, 0.5) is 11.4 Å². The summed E-state index contributed by atoms with van der Waals surface area (Å²) >= 11 is 0. The monoisotopic (exact) mass is 366 g/mol. The van der Waals surface area contributed by atoms with Gasteiger partial charge in [0.15, 0.2) is 6.04 Å². The van der Waals surface area contributed by atoms with Crippen molar-refractivity contribution in [3.8, 4) is 0 Å².